The van der Waals surface area contributed by atoms with Crippen LogP contribution < -0.4 is 10.6 Å². The number of aromatic nitrogens is 1. The first-order valence-corrected chi connectivity index (χ1v) is 9.31. The number of ketones is 3. The molecule has 0 fully saturated rings. The van der Waals surface area contributed by atoms with Crippen molar-refractivity contribution in [1.82, 2.24) is 4.57 Å². The summed E-state index contributed by atoms with van der Waals surface area (Å²) in [7, 11) is 0. The van der Waals surface area contributed by atoms with Crippen LogP contribution >= 0.6 is 11.3 Å². The molecule has 3 aromatic rings. The number of fused-ring (bicyclic) bond motifs is 1. The number of hydrogen-bond acceptors (Lipinski definition) is 6. The summed E-state index contributed by atoms with van der Waals surface area (Å²) in [5, 5.41) is 1.52. The molecule has 0 spiro atoms. The fourth-order valence-electron chi connectivity index (χ4n) is 3.31. The van der Waals surface area contributed by atoms with Gasteiger partial charge in [0.15, 0.2) is 11.6 Å². The number of nitrogens with two attached hydrogens (primary N) is 1. The number of benzene rings is 2. The lowest BCUT2D eigenvalue weighted by atomic mass is 9.82. The van der Waals surface area contributed by atoms with Crippen molar-refractivity contribution in [2.45, 2.75) is 6.04 Å². The topological polar surface area (TPSA) is 99.2 Å². The Hall–Kier alpha value is -3.58. The maximum absolute atomic E-state index is 13.3. The van der Waals surface area contributed by atoms with E-state index in [4.69, 9.17) is 5.73 Å². The SMILES string of the molecule is NC1=C(C(C(=O)c2ccccc2)n2ccsc2=O)C(=O)c2ccccc2C1=O. The summed E-state index contributed by atoms with van der Waals surface area (Å²) < 4.78 is 1.15. The zero-order valence-electron chi connectivity index (χ0n) is 14.5. The van der Waals surface area contributed by atoms with Gasteiger partial charge in [0, 0.05) is 28.3 Å². The molecule has 0 aliphatic heterocycles. The van der Waals surface area contributed by atoms with Crippen molar-refractivity contribution < 1.29 is 14.4 Å². The molecule has 1 heterocycles. The van der Waals surface area contributed by atoms with Crippen LogP contribution in [0.15, 0.2) is 82.2 Å². The van der Waals surface area contributed by atoms with Gasteiger partial charge in [0.25, 0.3) is 0 Å². The lowest BCUT2D eigenvalue weighted by Gasteiger charge is -2.25. The summed E-state index contributed by atoms with van der Waals surface area (Å²) in [5.74, 6) is -1.54. The molecular weight excluding hydrogens is 376 g/mol. The van der Waals surface area contributed by atoms with Crippen LogP contribution in [0.5, 0.6) is 0 Å². The molecule has 7 heteroatoms. The van der Waals surface area contributed by atoms with E-state index in [1.165, 1.54) is 23.7 Å². The average Bonchev–Trinajstić information content (AvgIpc) is 3.15. The Kier molecular flexibility index (Phi) is 4.37. The third-order valence-corrected chi connectivity index (χ3v) is 5.33. The Morgan fingerprint density at radius 2 is 1.50 bits per heavy atom. The van der Waals surface area contributed by atoms with Crippen molar-refractivity contribution in [1.29, 1.82) is 0 Å². The van der Waals surface area contributed by atoms with E-state index in [-0.39, 0.29) is 22.4 Å². The van der Waals surface area contributed by atoms with Crippen molar-refractivity contribution in [2.24, 2.45) is 5.73 Å². The second-order valence-electron chi connectivity index (χ2n) is 6.24. The first kappa shape index (κ1) is 17.8. The number of carbonyl (C=O) groups is 3. The van der Waals surface area contributed by atoms with Gasteiger partial charge in [-0.3, -0.25) is 23.7 Å². The minimum absolute atomic E-state index is 0.168. The molecular formula is C21H14N2O4S. The lowest BCUT2D eigenvalue weighted by Crippen LogP contribution is -2.36. The van der Waals surface area contributed by atoms with Gasteiger partial charge in [-0.15, -0.1) is 0 Å². The Morgan fingerprint density at radius 3 is 2.11 bits per heavy atom. The Balaban J connectivity index is 1.95. The van der Waals surface area contributed by atoms with Crippen LogP contribution in [0.25, 0.3) is 0 Å². The van der Waals surface area contributed by atoms with E-state index in [2.05, 4.69) is 0 Å². The van der Waals surface area contributed by atoms with Crippen LogP contribution in [0.3, 0.4) is 0 Å². The van der Waals surface area contributed by atoms with Crippen molar-refractivity contribution in [3.05, 3.63) is 104 Å². The smallest absolute Gasteiger partial charge is 0.308 e. The van der Waals surface area contributed by atoms with Gasteiger partial charge in [0.1, 0.15) is 6.04 Å². The van der Waals surface area contributed by atoms with Gasteiger partial charge < -0.3 is 5.73 Å². The summed E-state index contributed by atoms with van der Waals surface area (Å²) in [6.07, 6.45) is 1.43. The first-order valence-electron chi connectivity index (χ1n) is 8.43. The monoisotopic (exact) mass is 390 g/mol. The molecule has 2 aromatic carbocycles. The highest BCUT2D eigenvalue weighted by Crippen LogP contribution is 2.32. The van der Waals surface area contributed by atoms with Crippen molar-refractivity contribution >= 4 is 28.7 Å². The predicted octanol–water partition coefficient (Wildman–Crippen LogP) is 2.63. The Morgan fingerprint density at radius 1 is 0.893 bits per heavy atom. The molecule has 0 radical (unpaired) electrons. The van der Waals surface area contributed by atoms with Crippen LogP contribution in [0, 0.1) is 0 Å². The molecule has 138 valence electrons. The van der Waals surface area contributed by atoms with Crippen LogP contribution in [0.4, 0.5) is 0 Å². The minimum Gasteiger partial charge on any atom is -0.395 e. The number of allylic oxidation sites excluding steroid dienone is 2. The Labute approximate surface area is 163 Å². The highest BCUT2D eigenvalue weighted by molar-refractivity contribution is 7.07. The van der Waals surface area contributed by atoms with E-state index in [0.717, 1.165) is 15.9 Å². The number of hydrogen-bond donors (Lipinski definition) is 1. The molecule has 2 N–H and O–H groups in total. The fraction of sp³-hybridized carbons (Fsp3) is 0.0476. The summed E-state index contributed by atoms with van der Waals surface area (Å²) >= 11 is 0.894. The third-order valence-electron chi connectivity index (χ3n) is 4.66. The normalized spacial score (nSPS) is 14.7. The molecule has 1 aliphatic carbocycles. The Bertz CT molecular complexity index is 1200. The molecule has 1 aliphatic rings. The van der Waals surface area contributed by atoms with E-state index in [1.807, 2.05) is 0 Å². The largest absolute Gasteiger partial charge is 0.395 e. The summed E-state index contributed by atoms with van der Waals surface area (Å²) in [6, 6.07) is 13.3. The van der Waals surface area contributed by atoms with Gasteiger partial charge in [-0.2, -0.15) is 0 Å². The number of thiazole rings is 1. The van der Waals surface area contributed by atoms with Crippen molar-refractivity contribution in [2.75, 3.05) is 0 Å². The summed E-state index contributed by atoms with van der Waals surface area (Å²) in [5.41, 5.74) is 6.24. The lowest BCUT2D eigenvalue weighted by molar-refractivity contribution is 0.0899. The van der Waals surface area contributed by atoms with E-state index in [1.54, 1.807) is 42.5 Å². The van der Waals surface area contributed by atoms with Crippen molar-refractivity contribution in [3.8, 4) is 0 Å². The highest BCUT2D eigenvalue weighted by Gasteiger charge is 2.39. The predicted molar refractivity (Wildman–Crippen MR) is 105 cm³/mol. The molecule has 1 unspecified atom stereocenters. The average molecular weight is 390 g/mol. The zero-order valence-corrected chi connectivity index (χ0v) is 15.3. The maximum Gasteiger partial charge on any atom is 0.308 e. The molecule has 6 nitrogen and oxygen atoms in total. The number of nitrogens with zero attached hydrogens (tertiary/aromatic N) is 1. The minimum atomic E-state index is -1.31. The molecule has 0 saturated heterocycles. The van der Waals surface area contributed by atoms with Gasteiger partial charge in [-0.1, -0.05) is 65.9 Å². The van der Waals surface area contributed by atoms with Crippen molar-refractivity contribution in [3.63, 3.8) is 0 Å². The molecule has 4 rings (SSSR count). The molecule has 0 saturated carbocycles. The fourth-order valence-corrected chi connectivity index (χ4v) is 3.91. The number of rotatable bonds is 4. The van der Waals surface area contributed by atoms with E-state index in [9.17, 15) is 19.2 Å². The maximum atomic E-state index is 13.3. The summed E-state index contributed by atoms with van der Waals surface area (Å²) in [4.78, 5) is 51.2. The zero-order chi connectivity index (χ0) is 19.8. The number of carbonyl (C=O) groups excluding carboxylic acids is 3. The second kappa shape index (κ2) is 6.86. The van der Waals surface area contributed by atoms with Crippen LogP contribution in [0.1, 0.15) is 37.1 Å². The molecule has 1 atom stereocenters. The van der Waals surface area contributed by atoms with Gasteiger partial charge in [-0.05, 0) is 0 Å². The molecule has 0 bridgehead atoms. The van der Waals surface area contributed by atoms with Crippen LogP contribution in [0.2, 0.25) is 0 Å². The summed E-state index contributed by atoms with van der Waals surface area (Å²) in [6.45, 7) is 0. The molecule has 28 heavy (non-hydrogen) atoms. The van der Waals surface area contributed by atoms with Gasteiger partial charge in [0.05, 0.1) is 11.3 Å². The third kappa shape index (κ3) is 2.73. The van der Waals surface area contributed by atoms with Crippen LogP contribution in [-0.4, -0.2) is 21.9 Å². The van der Waals surface area contributed by atoms with E-state index < -0.39 is 28.3 Å². The molecule has 0 amide bonds. The first-order chi connectivity index (χ1) is 13.5. The van der Waals surface area contributed by atoms with E-state index >= 15 is 0 Å². The molecule has 1 aromatic heterocycles. The van der Waals surface area contributed by atoms with Gasteiger partial charge in [-0.25, -0.2) is 0 Å². The van der Waals surface area contributed by atoms with Gasteiger partial charge in [0.2, 0.25) is 5.78 Å². The van der Waals surface area contributed by atoms with E-state index in [0.29, 0.717) is 5.56 Å². The van der Waals surface area contributed by atoms with Gasteiger partial charge >= 0.3 is 4.87 Å². The quantitative estimate of drug-likeness (QED) is 0.691. The highest BCUT2D eigenvalue weighted by atomic mass is 32.1. The van der Waals surface area contributed by atoms with Crippen LogP contribution in [-0.2, 0) is 0 Å². The second-order valence-corrected chi connectivity index (χ2v) is 7.10. The standard InChI is InChI=1S/C21H14N2O4S/c22-16-15(19(25)13-8-4-5-9-14(13)20(16)26)17(23-10-11-28-21(23)27)18(24)12-6-2-1-3-7-12/h1-11,17H,22H2. The number of Topliss-reactive ketones (excluding diaryl/α,β-unsaturated/α-hetero) is 3.